The highest BCUT2D eigenvalue weighted by Gasteiger charge is 2.60. The second-order valence-corrected chi connectivity index (χ2v) is 12.6. The van der Waals surface area contributed by atoms with Crippen LogP contribution in [0.15, 0.2) is 182 Å². The van der Waals surface area contributed by atoms with Crippen LogP contribution >= 0.6 is 0 Å². The van der Waals surface area contributed by atoms with Gasteiger partial charge in [0.1, 0.15) is 11.2 Å². The molecule has 8 rings (SSSR count). The van der Waals surface area contributed by atoms with Gasteiger partial charge in [-0.05, 0) is 73.5 Å². The second kappa shape index (κ2) is 14.0. The Bertz CT molecular complexity index is 1800. The summed E-state index contributed by atoms with van der Waals surface area (Å²) in [6.07, 6.45) is -0.981. The maximum Gasteiger partial charge on any atom is 0.264 e. The third-order valence-corrected chi connectivity index (χ3v) is 9.25. The minimum absolute atomic E-state index is 0.0521. The van der Waals surface area contributed by atoms with Crippen LogP contribution in [0.2, 0.25) is 0 Å². The largest absolute Gasteiger partial charge is 0.351 e. The number of ether oxygens (including phenoxy) is 2. The zero-order chi connectivity index (χ0) is 34.6. The molecule has 6 heteroatoms. The molecule has 2 aliphatic heterocycles. The molecular formula is C44H38N2O4. The zero-order valence-electron chi connectivity index (χ0n) is 28.0. The number of hydrogen-bond donors (Lipinski definition) is 0. The maximum absolute atomic E-state index is 13.3. The van der Waals surface area contributed by atoms with Crippen molar-refractivity contribution >= 4 is 34.6 Å². The fraction of sp³-hybridized carbons (Fsp3) is 0.136. The minimum Gasteiger partial charge on any atom is -0.351 e. The summed E-state index contributed by atoms with van der Waals surface area (Å²) in [5, 5.41) is 0. The zero-order valence-corrected chi connectivity index (χ0v) is 28.0. The third-order valence-electron chi connectivity index (χ3n) is 9.25. The van der Waals surface area contributed by atoms with E-state index in [4.69, 9.17) is 9.47 Å². The first-order valence-corrected chi connectivity index (χ1v) is 16.7. The molecule has 0 aromatic heterocycles. The molecule has 2 saturated heterocycles. The molecule has 6 aromatic carbocycles. The Balaban J connectivity index is 0.000000157. The van der Waals surface area contributed by atoms with Crippen molar-refractivity contribution in [1.82, 2.24) is 0 Å². The summed E-state index contributed by atoms with van der Waals surface area (Å²) >= 11 is 0. The molecule has 6 nitrogen and oxygen atoms in total. The number of benzene rings is 6. The Hall–Kier alpha value is -5.82. The van der Waals surface area contributed by atoms with Gasteiger partial charge in [0.15, 0.2) is 12.2 Å². The number of carbonyl (C=O) groups is 2. The van der Waals surface area contributed by atoms with E-state index in [-0.39, 0.29) is 11.8 Å². The average molecular weight is 659 g/mol. The van der Waals surface area contributed by atoms with E-state index in [9.17, 15) is 9.59 Å². The van der Waals surface area contributed by atoms with Crippen molar-refractivity contribution in [2.24, 2.45) is 0 Å². The first-order chi connectivity index (χ1) is 24.4. The Labute approximate surface area is 293 Å². The standard InChI is InChI=1S/2C22H19NO2/c2*1-22(17-11-5-2-6-12-17)20(25-22)21(24)23(18-13-7-3-8-14-18)19-15-9-4-10-16-19/h2*2-16,20H,1H3. The van der Waals surface area contributed by atoms with Gasteiger partial charge in [-0.25, -0.2) is 0 Å². The quantitative estimate of drug-likeness (QED) is 0.153. The van der Waals surface area contributed by atoms with Crippen molar-refractivity contribution in [3.8, 4) is 0 Å². The summed E-state index contributed by atoms with van der Waals surface area (Å²) in [5.74, 6) is -0.104. The van der Waals surface area contributed by atoms with Crippen LogP contribution in [-0.4, -0.2) is 24.0 Å². The number of amides is 2. The first-order valence-electron chi connectivity index (χ1n) is 16.7. The molecule has 4 unspecified atom stereocenters. The van der Waals surface area contributed by atoms with Crippen LogP contribution < -0.4 is 9.80 Å². The first kappa shape index (κ1) is 32.7. The molecule has 2 fully saturated rings. The molecule has 248 valence electrons. The van der Waals surface area contributed by atoms with Crippen molar-refractivity contribution in [3.63, 3.8) is 0 Å². The van der Waals surface area contributed by atoms with E-state index < -0.39 is 23.4 Å². The molecule has 0 aliphatic carbocycles. The van der Waals surface area contributed by atoms with Crippen LogP contribution in [0.25, 0.3) is 0 Å². The fourth-order valence-corrected chi connectivity index (χ4v) is 6.32. The molecule has 4 atom stereocenters. The Kier molecular flexibility index (Phi) is 9.13. The normalized spacial score (nSPS) is 21.6. The highest BCUT2D eigenvalue weighted by molar-refractivity contribution is 6.06. The molecule has 2 amide bonds. The van der Waals surface area contributed by atoms with Gasteiger partial charge in [-0.15, -0.1) is 0 Å². The number of rotatable bonds is 8. The predicted octanol–water partition coefficient (Wildman–Crippen LogP) is 9.33. The predicted molar refractivity (Wildman–Crippen MR) is 197 cm³/mol. The lowest BCUT2D eigenvalue weighted by Crippen LogP contribution is -2.32. The van der Waals surface area contributed by atoms with Gasteiger partial charge in [0.2, 0.25) is 0 Å². The van der Waals surface area contributed by atoms with Crippen LogP contribution in [0.4, 0.5) is 22.7 Å². The summed E-state index contributed by atoms with van der Waals surface area (Å²) in [6.45, 7) is 3.94. The highest BCUT2D eigenvalue weighted by atomic mass is 16.6. The molecule has 0 radical (unpaired) electrons. The van der Waals surface area contributed by atoms with Crippen LogP contribution in [0, 0.1) is 0 Å². The molecule has 0 bridgehead atoms. The van der Waals surface area contributed by atoms with E-state index in [1.54, 1.807) is 9.80 Å². The highest BCUT2D eigenvalue weighted by Crippen LogP contribution is 2.49. The number of nitrogens with zero attached hydrogens (tertiary/aromatic N) is 2. The van der Waals surface area contributed by atoms with Crippen LogP contribution in [0.3, 0.4) is 0 Å². The SMILES string of the molecule is CC1(c2ccccc2)OC1C(=O)N(c1ccccc1)c1ccccc1.CC1(c2ccccc2)OC1C(=O)N(c1ccccc1)c1ccccc1. The van der Waals surface area contributed by atoms with Crippen LogP contribution in [-0.2, 0) is 30.3 Å². The Morgan fingerprint density at radius 2 is 0.620 bits per heavy atom. The number of anilines is 4. The number of carbonyl (C=O) groups excluding carboxylic acids is 2. The van der Waals surface area contributed by atoms with Gasteiger partial charge in [0.25, 0.3) is 11.8 Å². The minimum atomic E-state index is -0.569. The smallest absolute Gasteiger partial charge is 0.264 e. The lowest BCUT2D eigenvalue weighted by Gasteiger charge is -2.23. The van der Waals surface area contributed by atoms with Gasteiger partial charge < -0.3 is 9.47 Å². The third kappa shape index (κ3) is 6.59. The molecular weight excluding hydrogens is 620 g/mol. The van der Waals surface area contributed by atoms with Crippen molar-refractivity contribution in [3.05, 3.63) is 193 Å². The Morgan fingerprint density at radius 1 is 0.400 bits per heavy atom. The monoisotopic (exact) mass is 658 g/mol. The van der Waals surface area contributed by atoms with Crippen molar-refractivity contribution in [1.29, 1.82) is 0 Å². The van der Waals surface area contributed by atoms with Crippen molar-refractivity contribution in [2.45, 2.75) is 37.3 Å². The lowest BCUT2D eigenvalue weighted by molar-refractivity contribution is -0.119. The van der Waals surface area contributed by atoms with E-state index in [2.05, 4.69) is 0 Å². The van der Waals surface area contributed by atoms with Gasteiger partial charge in [-0.2, -0.15) is 0 Å². The summed E-state index contributed by atoms with van der Waals surface area (Å²) < 4.78 is 11.8. The second-order valence-electron chi connectivity index (χ2n) is 12.6. The van der Waals surface area contributed by atoms with Gasteiger partial charge in [0, 0.05) is 22.7 Å². The average Bonchev–Trinajstić information content (AvgIpc) is 4.09. The summed E-state index contributed by atoms with van der Waals surface area (Å²) in [4.78, 5) is 30.1. The van der Waals surface area contributed by atoms with Gasteiger partial charge in [-0.1, -0.05) is 133 Å². The number of epoxide rings is 2. The van der Waals surface area contributed by atoms with Gasteiger partial charge >= 0.3 is 0 Å². The number of hydrogen-bond acceptors (Lipinski definition) is 4. The molecule has 0 N–H and O–H groups in total. The molecule has 6 aromatic rings. The fourth-order valence-electron chi connectivity index (χ4n) is 6.32. The molecule has 2 heterocycles. The van der Waals surface area contributed by atoms with Crippen molar-refractivity contribution < 1.29 is 19.1 Å². The van der Waals surface area contributed by atoms with Crippen LogP contribution in [0.5, 0.6) is 0 Å². The summed E-state index contributed by atoms with van der Waals surface area (Å²) in [5.41, 5.74) is 4.26. The van der Waals surface area contributed by atoms with E-state index >= 15 is 0 Å². The van der Waals surface area contributed by atoms with Gasteiger partial charge in [0.05, 0.1) is 0 Å². The lowest BCUT2D eigenvalue weighted by atomic mass is 9.96. The maximum atomic E-state index is 13.3. The topological polar surface area (TPSA) is 65.7 Å². The van der Waals surface area contributed by atoms with Crippen molar-refractivity contribution in [2.75, 3.05) is 9.80 Å². The van der Waals surface area contributed by atoms with E-state index in [0.717, 1.165) is 33.9 Å². The van der Waals surface area contributed by atoms with Gasteiger partial charge in [-0.3, -0.25) is 19.4 Å². The van der Waals surface area contributed by atoms with E-state index in [1.165, 1.54) is 0 Å². The Morgan fingerprint density at radius 3 is 0.860 bits per heavy atom. The molecule has 0 saturated carbocycles. The van der Waals surface area contributed by atoms with E-state index in [1.807, 2.05) is 196 Å². The van der Waals surface area contributed by atoms with Crippen LogP contribution in [0.1, 0.15) is 25.0 Å². The molecule has 50 heavy (non-hydrogen) atoms. The number of para-hydroxylation sites is 4. The summed E-state index contributed by atoms with van der Waals surface area (Å²) in [6, 6.07) is 58.6. The molecule has 2 aliphatic rings. The summed E-state index contributed by atoms with van der Waals surface area (Å²) in [7, 11) is 0. The van der Waals surface area contributed by atoms with E-state index in [0.29, 0.717) is 0 Å². The molecule has 0 spiro atoms.